The van der Waals surface area contributed by atoms with Crippen molar-refractivity contribution in [2.24, 2.45) is 0 Å². The van der Waals surface area contributed by atoms with E-state index in [-0.39, 0.29) is 17.4 Å². The molecule has 0 saturated carbocycles. The molecule has 10 heteroatoms. The fourth-order valence-corrected chi connectivity index (χ4v) is 3.69. The molecule has 3 aromatic rings. The second-order valence-electron chi connectivity index (χ2n) is 7.84. The molecular formula is C23H21F4N5O. The molecule has 2 amide bonds. The maximum Gasteiger partial charge on any atom is 0.416 e. The number of carbonyl (C=O) groups excluding carboxylic acids is 1. The highest BCUT2D eigenvalue weighted by molar-refractivity contribution is 6.03. The summed E-state index contributed by atoms with van der Waals surface area (Å²) in [6, 6.07) is 10.0. The monoisotopic (exact) mass is 459 g/mol. The maximum absolute atomic E-state index is 13.2. The van der Waals surface area contributed by atoms with E-state index in [1.807, 2.05) is 18.9 Å². The molecule has 0 aliphatic carbocycles. The molecule has 0 radical (unpaired) electrons. The molecule has 4 rings (SSSR count). The van der Waals surface area contributed by atoms with Crippen molar-refractivity contribution < 1.29 is 22.4 Å². The lowest BCUT2D eigenvalue weighted by Crippen LogP contribution is -2.42. The van der Waals surface area contributed by atoms with Crippen LogP contribution in [-0.4, -0.2) is 35.6 Å². The lowest BCUT2D eigenvalue weighted by molar-refractivity contribution is -0.137. The van der Waals surface area contributed by atoms with Crippen LogP contribution in [-0.2, 0) is 6.18 Å². The number of amides is 2. The van der Waals surface area contributed by atoms with Crippen LogP contribution < -0.4 is 15.1 Å². The second kappa shape index (κ2) is 8.68. The summed E-state index contributed by atoms with van der Waals surface area (Å²) >= 11 is 0. The molecule has 1 atom stereocenters. The molecule has 172 valence electrons. The van der Waals surface area contributed by atoms with Gasteiger partial charge in [-0.2, -0.15) is 13.2 Å². The highest BCUT2D eigenvalue weighted by Crippen LogP contribution is 2.36. The number of anilines is 3. The van der Waals surface area contributed by atoms with Crippen LogP contribution in [0.25, 0.3) is 11.3 Å². The first kappa shape index (κ1) is 22.5. The van der Waals surface area contributed by atoms with Crippen LogP contribution in [0, 0.1) is 5.82 Å². The third-order valence-electron chi connectivity index (χ3n) is 5.48. The first-order valence-electron chi connectivity index (χ1n) is 10.2. The number of hydrogen-bond acceptors (Lipinski definition) is 4. The Labute approximate surface area is 187 Å². The van der Waals surface area contributed by atoms with Gasteiger partial charge in [0.2, 0.25) is 0 Å². The van der Waals surface area contributed by atoms with Crippen LogP contribution in [0.1, 0.15) is 18.9 Å². The highest BCUT2D eigenvalue weighted by atomic mass is 19.4. The zero-order chi connectivity index (χ0) is 23.8. The second-order valence-corrected chi connectivity index (χ2v) is 7.84. The summed E-state index contributed by atoms with van der Waals surface area (Å²) in [5, 5.41) is 2.64. The summed E-state index contributed by atoms with van der Waals surface area (Å²) in [5.41, 5.74) is 0.476. The number of hydrogen-bond donors (Lipinski definition) is 1. The third-order valence-corrected chi connectivity index (χ3v) is 5.48. The Morgan fingerprint density at radius 1 is 1.15 bits per heavy atom. The number of rotatable bonds is 2. The average molecular weight is 459 g/mol. The minimum atomic E-state index is -4.48. The van der Waals surface area contributed by atoms with Crippen molar-refractivity contribution in [3.63, 3.8) is 0 Å². The molecule has 0 unspecified atom stereocenters. The van der Waals surface area contributed by atoms with Crippen LogP contribution >= 0.6 is 0 Å². The maximum atomic E-state index is 13.2. The van der Waals surface area contributed by atoms with Crippen molar-refractivity contribution in [1.82, 2.24) is 9.97 Å². The summed E-state index contributed by atoms with van der Waals surface area (Å²) in [7, 11) is 1.86. The zero-order valence-corrected chi connectivity index (χ0v) is 17.9. The van der Waals surface area contributed by atoms with E-state index < -0.39 is 23.6 Å². The number of halogens is 4. The van der Waals surface area contributed by atoms with Gasteiger partial charge in [0.05, 0.1) is 23.1 Å². The highest BCUT2D eigenvalue weighted by Gasteiger charge is 2.32. The molecule has 1 aliphatic heterocycles. The summed E-state index contributed by atoms with van der Waals surface area (Å²) in [4.78, 5) is 25.1. The predicted octanol–water partition coefficient (Wildman–Crippen LogP) is 5.57. The van der Waals surface area contributed by atoms with Crippen LogP contribution in [0.5, 0.6) is 0 Å². The van der Waals surface area contributed by atoms with Crippen molar-refractivity contribution >= 4 is 23.4 Å². The summed E-state index contributed by atoms with van der Waals surface area (Å²) in [6.45, 7) is 2.51. The van der Waals surface area contributed by atoms with E-state index in [9.17, 15) is 22.4 Å². The fraction of sp³-hybridized carbons (Fsp3) is 0.261. The van der Waals surface area contributed by atoms with Gasteiger partial charge >= 0.3 is 12.2 Å². The van der Waals surface area contributed by atoms with Gasteiger partial charge in [0.25, 0.3) is 0 Å². The van der Waals surface area contributed by atoms with E-state index in [4.69, 9.17) is 0 Å². The van der Waals surface area contributed by atoms with Crippen LogP contribution in [0.2, 0.25) is 0 Å². The van der Waals surface area contributed by atoms with Crippen molar-refractivity contribution in [3.05, 3.63) is 66.1 Å². The van der Waals surface area contributed by atoms with E-state index in [2.05, 4.69) is 15.3 Å². The van der Waals surface area contributed by atoms with E-state index in [0.29, 0.717) is 30.2 Å². The van der Waals surface area contributed by atoms with E-state index in [1.165, 1.54) is 23.1 Å². The van der Waals surface area contributed by atoms with E-state index in [0.717, 1.165) is 18.3 Å². The number of carbonyl (C=O) groups is 1. The first-order valence-corrected chi connectivity index (χ1v) is 10.2. The van der Waals surface area contributed by atoms with Crippen molar-refractivity contribution in [2.75, 3.05) is 28.7 Å². The molecule has 33 heavy (non-hydrogen) atoms. The van der Waals surface area contributed by atoms with Crippen molar-refractivity contribution in [3.8, 4) is 11.3 Å². The minimum absolute atomic E-state index is 0.168. The number of pyridine rings is 2. The molecule has 1 aromatic carbocycles. The molecule has 0 fully saturated rings. The Bertz CT molecular complexity index is 1170. The zero-order valence-electron chi connectivity index (χ0n) is 17.9. The Morgan fingerprint density at radius 3 is 2.64 bits per heavy atom. The van der Waals surface area contributed by atoms with Gasteiger partial charge < -0.3 is 4.90 Å². The Balaban J connectivity index is 1.75. The number of nitrogens with zero attached hydrogens (tertiary/aromatic N) is 4. The average Bonchev–Trinajstić information content (AvgIpc) is 2.90. The number of aromatic nitrogens is 2. The van der Waals surface area contributed by atoms with Crippen LogP contribution in [0.15, 0.2) is 54.7 Å². The molecule has 0 bridgehead atoms. The normalized spacial score (nSPS) is 16.2. The minimum Gasteiger partial charge on any atom is -0.372 e. The Morgan fingerprint density at radius 2 is 1.94 bits per heavy atom. The molecule has 1 N–H and O–H groups in total. The molecule has 6 nitrogen and oxygen atoms in total. The number of nitrogens with one attached hydrogen (secondary N) is 1. The van der Waals surface area contributed by atoms with Gasteiger partial charge in [0, 0.05) is 25.2 Å². The molecule has 0 spiro atoms. The lowest BCUT2D eigenvalue weighted by Gasteiger charge is -2.28. The lowest BCUT2D eigenvalue weighted by atomic mass is 10.1. The molecule has 2 aromatic heterocycles. The fourth-order valence-electron chi connectivity index (χ4n) is 3.69. The first-order chi connectivity index (χ1) is 15.6. The topological polar surface area (TPSA) is 61.4 Å². The molecule has 3 heterocycles. The standard InChI is InChI=1S/C23H21F4N5O/c1-14-10-11-31(2)19-8-7-18(15-4-3-5-16(12-15)23(25,26)27)29-21(19)32(14)22(33)30-20-9-6-17(24)13-28-20/h3-9,12-14H,10-11H2,1-2H3,(H,28,30,33)/t14-/m0/s1. The SMILES string of the molecule is C[C@H]1CCN(C)c2ccc(-c3cccc(C(F)(F)F)c3)nc2N1C(=O)Nc1ccc(F)cn1. The van der Waals surface area contributed by atoms with Gasteiger partial charge in [-0.1, -0.05) is 12.1 Å². The van der Waals surface area contributed by atoms with Crippen LogP contribution in [0.3, 0.4) is 0 Å². The molecular weight excluding hydrogens is 438 g/mol. The van der Waals surface area contributed by atoms with Gasteiger partial charge in [-0.15, -0.1) is 0 Å². The smallest absolute Gasteiger partial charge is 0.372 e. The van der Waals surface area contributed by atoms with Gasteiger partial charge in [-0.25, -0.2) is 19.2 Å². The van der Waals surface area contributed by atoms with Gasteiger partial charge in [0.1, 0.15) is 11.6 Å². The van der Waals surface area contributed by atoms with E-state index in [1.54, 1.807) is 18.2 Å². The van der Waals surface area contributed by atoms with Crippen molar-refractivity contribution in [2.45, 2.75) is 25.6 Å². The van der Waals surface area contributed by atoms with Crippen molar-refractivity contribution in [1.29, 1.82) is 0 Å². The summed E-state index contributed by atoms with van der Waals surface area (Å²) in [5.74, 6) is -0.0469. The Hall–Kier alpha value is -3.69. The van der Waals surface area contributed by atoms with Gasteiger partial charge in [-0.05, 0) is 49.7 Å². The number of alkyl halides is 3. The molecule has 1 aliphatic rings. The third kappa shape index (κ3) is 4.74. The largest absolute Gasteiger partial charge is 0.416 e. The van der Waals surface area contributed by atoms with E-state index >= 15 is 0 Å². The summed E-state index contributed by atoms with van der Waals surface area (Å²) in [6.07, 6.45) is -2.85. The Kier molecular flexibility index (Phi) is 5.92. The van der Waals surface area contributed by atoms with Crippen LogP contribution in [0.4, 0.5) is 39.7 Å². The predicted molar refractivity (Wildman–Crippen MR) is 118 cm³/mol. The molecule has 0 saturated heterocycles. The number of urea groups is 1. The van der Waals surface area contributed by atoms with Gasteiger partial charge in [-0.3, -0.25) is 10.2 Å². The summed E-state index contributed by atoms with van der Waals surface area (Å²) < 4.78 is 52.8. The number of benzene rings is 1. The number of fused-ring (bicyclic) bond motifs is 1. The van der Waals surface area contributed by atoms with Gasteiger partial charge in [0.15, 0.2) is 5.82 Å². The quantitative estimate of drug-likeness (QED) is 0.509.